The summed E-state index contributed by atoms with van der Waals surface area (Å²) in [6, 6.07) is 13.0. The number of aryl methyl sites for hydroxylation is 1. The highest BCUT2D eigenvalue weighted by Gasteiger charge is 2.20. The van der Waals surface area contributed by atoms with Gasteiger partial charge in [0, 0.05) is 10.6 Å². The highest BCUT2D eigenvalue weighted by Crippen LogP contribution is 2.34. The van der Waals surface area contributed by atoms with Crippen LogP contribution in [0.3, 0.4) is 0 Å². The van der Waals surface area contributed by atoms with Crippen LogP contribution in [0.2, 0.25) is 5.02 Å². The van der Waals surface area contributed by atoms with Crippen LogP contribution >= 0.6 is 11.6 Å². The summed E-state index contributed by atoms with van der Waals surface area (Å²) in [4.78, 5) is 0. The van der Waals surface area contributed by atoms with E-state index in [0.717, 1.165) is 23.8 Å². The lowest BCUT2D eigenvalue weighted by Crippen LogP contribution is -2.15. The van der Waals surface area contributed by atoms with E-state index >= 15 is 0 Å². The van der Waals surface area contributed by atoms with E-state index in [1.54, 1.807) is 12.1 Å². The molecule has 0 spiro atoms. The van der Waals surface area contributed by atoms with Crippen molar-refractivity contribution in [1.29, 1.82) is 0 Å². The van der Waals surface area contributed by atoms with Crippen LogP contribution in [0.15, 0.2) is 42.5 Å². The first-order valence-corrected chi connectivity index (χ1v) is 11.6. The SMILES string of the molecule is CCCCCC1CCC(CCc2ccc(C#Cc3ccc(Cl)cc3F)cc2)CC1. The molecule has 2 heteroatoms. The number of rotatable bonds is 7. The first kappa shape index (κ1) is 21.9. The maximum absolute atomic E-state index is 13.8. The predicted octanol–water partition coefficient (Wildman–Crippen LogP) is 8.20. The van der Waals surface area contributed by atoms with Crippen molar-refractivity contribution >= 4 is 11.6 Å². The molecule has 1 fully saturated rings. The van der Waals surface area contributed by atoms with E-state index in [9.17, 15) is 4.39 Å². The lowest BCUT2D eigenvalue weighted by molar-refractivity contribution is 0.249. The smallest absolute Gasteiger partial charge is 0.140 e. The lowest BCUT2D eigenvalue weighted by atomic mass is 9.78. The highest BCUT2D eigenvalue weighted by molar-refractivity contribution is 6.30. The summed E-state index contributed by atoms with van der Waals surface area (Å²) in [6.45, 7) is 2.29. The van der Waals surface area contributed by atoms with Crippen molar-refractivity contribution in [3.8, 4) is 11.8 Å². The second-order valence-electron chi connectivity index (χ2n) is 8.49. The van der Waals surface area contributed by atoms with Crippen LogP contribution < -0.4 is 0 Å². The van der Waals surface area contributed by atoms with Crippen molar-refractivity contribution in [2.45, 2.75) is 71.1 Å². The largest absolute Gasteiger partial charge is 0.206 e. The number of benzene rings is 2. The van der Waals surface area contributed by atoms with E-state index in [2.05, 4.69) is 30.9 Å². The zero-order chi connectivity index (χ0) is 20.5. The molecule has 3 rings (SSSR count). The molecule has 0 heterocycles. The van der Waals surface area contributed by atoms with Gasteiger partial charge in [-0.3, -0.25) is 0 Å². The zero-order valence-electron chi connectivity index (χ0n) is 17.5. The molecule has 154 valence electrons. The molecule has 1 saturated carbocycles. The van der Waals surface area contributed by atoms with Crippen LogP contribution in [0.25, 0.3) is 0 Å². The van der Waals surface area contributed by atoms with Crippen LogP contribution in [0.1, 0.15) is 81.4 Å². The second kappa shape index (κ2) is 11.4. The van der Waals surface area contributed by atoms with Gasteiger partial charge in [0.1, 0.15) is 5.82 Å². The minimum atomic E-state index is -0.373. The molecule has 2 aromatic carbocycles. The molecule has 0 atom stereocenters. The molecule has 2 aromatic rings. The molecule has 0 radical (unpaired) electrons. The maximum Gasteiger partial charge on any atom is 0.140 e. The molecular formula is C27H32ClF. The van der Waals surface area contributed by atoms with Crippen LogP contribution in [-0.4, -0.2) is 0 Å². The van der Waals surface area contributed by atoms with Crippen molar-refractivity contribution in [3.63, 3.8) is 0 Å². The molecule has 0 unspecified atom stereocenters. The first-order chi connectivity index (χ1) is 14.1. The Morgan fingerprint density at radius 3 is 2.24 bits per heavy atom. The third kappa shape index (κ3) is 7.20. The van der Waals surface area contributed by atoms with Crippen LogP contribution in [0, 0.1) is 29.5 Å². The predicted molar refractivity (Wildman–Crippen MR) is 122 cm³/mol. The Labute approximate surface area is 180 Å². The van der Waals surface area contributed by atoms with Gasteiger partial charge in [0.15, 0.2) is 0 Å². The minimum Gasteiger partial charge on any atom is -0.206 e. The van der Waals surface area contributed by atoms with Crippen molar-refractivity contribution < 1.29 is 4.39 Å². The topological polar surface area (TPSA) is 0 Å². The number of hydrogen-bond donors (Lipinski definition) is 0. The summed E-state index contributed by atoms with van der Waals surface area (Å²) in [5.41, 5.74) is 2.66. The van der Waals surface area contributed by atoms with Gasteiger partial charge in [-0.05, 0) is 60.6 Å². The first-order valence-electron chi connectivity index (χ1n) is 11.2. The summed E-state index contributed by atoms with van der Waals surface area (Å²) >= 11 is 5.78. The molecule has 0 bridgehead atoms. The number of unbranched alkanes of at least 4 members (excludes halogenated alkanes) is 2. The lowest BCUT2D eigenvalue weighted by Gasteiger charge is -2.28. The van der Waals surface area contributed by atoms with Crippen LogP contribution in [0.5, 0.6) is 0 Å². The third-order valence-electron chi connectivity index (χ3n) is 6.25. The summed E-state index contributed by atoms with van der Waals surface area (Å²) in [5, 5.41) is 0.391. The van der Waals surface area contributed by atoms with Gasteiger partial charge < -0.3 is 0 Å². The molecule has 1 aliphatic carbocycles. The summed E-state index contributed by atoms with van der Waals surface area (Å²) < 4.78 is 13.8. The average molecular weight is 411 g/mol. The fourth-order valence-electron chi connectivity index (χ4n) is 4.35. The number of hydrogen-bond acceptors (Lipinski definition) is 0. The van der Waals surface area contributed by atoms with E-state index in [-0.39, 0.29) is 5.82 Å². The Morgan fingerprint density at radius 1 is 0.897 bits per heavy atom. The Bertz CT molecular complexity index is 820. The summed E-state index contributed by atoms with van der Waals surface area (Å²) in [5.74, 6) is 7.45. The van der Waals surface area contributed by atoms with Gasteiger partial charge in [-0.2, -0.15) is 0 Å². The van der Waals surface area contributed by atoms with Crippen molar-refractivity contribution in [3.05, 3.63) is 70.0 Å². The molecule has 0 amide bonds. The zero-order valence-corrected chi connectivity index (χ0v) is 18.3. The minimum absolute atomic E-state index is 0.373. The fraction of sp³-hybridized carbons (Fsp3) is 0.481. The molecule has 0 aromatic heterocycles. The van der Waals surface area contributed by atoms with E-state index in [0.29, 0.717) is 10.6 Å². The molecular weight excluding hydrogens is 379 g/mol. The molecule has 1 aliphatic rings. The average Bonchev–Trinajstić information content (AvgIpc) is 2.73. The van der Waals surface area contributed by atoms with Gasteiger partial charge in [-0.1, -0.05) is 93.9 Å². The molecule has 0 aliphatic heterocycles. The quantitative estimate of drug-likeness (QED) is 0.318. The van der Waals surface area contributed by atoms with Gasteiger partial charge in [-0.15, -0.1) is 0 Å². The van der Waals surface area contributed by atoms with Crippen molar-refractivity contribution in [1.82, 2.24) is 0 Å². The van der Waals surface area contributed by atoms with Crippen LogP contribution in [0.4, 0.5) is 4.39 Å². The monoisotopic (exact) mass is 410 g/mol. The van der Waals surface area contributed by atoms with Gasteiger partial charge in [0.25, 0.3) is 0 Å². The molecule has 0 nitrogen and oxygen atoms in total. The van der Waals surface area contributed by atoms with E-state index in [1.807, 2.05) is 12.1 Å². The van der Waals surface area contributed by atoms with Gasteiger partial charge in [0.2, 0.25) is 0 Å². The second-order valence-corrected chi connectivity index (χ2v) is 8.93. The van der Waals surface area contributed by atoms with Crippen molar-refractivity contribution in [2.75, 3.05) is 0 Å². The molecule has 0 N–H and O–H groups in total. The van der Waals surface area contributed by atoms with E-state index in [4.69, 9.17) is 11.6 Å². The third-order valence-corrected chi connectivity index (χ3v) is 6.49. The highest BCUT2D eigenvalue weighted by atomic mass is 35.5. The summed E-state index contributed by atoms with van der Waals surface area (Å²) in [7, 11) is 0. The normalized spacial score (nSPS) is 18.9. The van der Waals surface area contributed by atoms with E-state index in [1.165, 1.54) is 69.4 Å². The number of halogens is 2. The Morgan fingerprint density at radius 2 is 1.59 bits per heavy atom. The standard InChI is InChI=1S/C27H32ClF/c1-2-3-4-5-21-6-8-22(9-7-21)10-11-23-12-14-24(15-13-23)16-17-25-18-19-26(28)20-27(25)29/h12-15,18-22H,2-11H2,1H3. The molecule has 0 saturated heterocycles. The Kier molecular flexibility index (Phi) is 8.63. The van der Waals surface area contributed by atoms with Crippen molar-refractivity contribution in [2.24, 2.45) is 11.8 Å². The van der Waals surface area contributed by atoms with Gasteiger partial charge >= 0.3 is 0 Å². The van der Waals surface area contributed by atoms with E-state index < -0.39 is 0 Å². The van der Waals surface area contributed by atoms with Crippen LogP contribution in [-0.2, 0) is 6.42 Å². The maximum atomic E-state index is 13.8. The van der Waals surface area contributed by atoms with Gasteiger partial charge in [0.05, 0.1) is 5.56 Å². The Hall–Kier alpha value is -1.78. The Balaban J connectivity index is 1.44. The molecule has 29 heavy (non-hydrogen) atoms. The van der Waals surface area contributed by atoms with Gasteiger partial charge in [-0.25, -0.2) is 4.39 Å². The fourth-order valence-corrected chi connectivity index (χ4v) is 4.51. The summed E-state index contributed by atoms with van der Waals surface area (Å²) in [6.07, 6.45) is 13.7.